The fourth-order valence-corrected chi connectivity index (χ4v) is 4.19. The first-order valence-corrected chi connectivity index (χ1v) is 12.5. The molecule has 1 aliphatic rings. The van der Waals surface area contributed by atoms with Crippen molar-refractivity contribution in [2.24, 2.45) is 0 Å². The number of alkyl halides is 3. The van der Waals surface area contributed by atoms with Crippen molar-refractivity contribution in [2.75, 3.05) is 72.5 Å². The lowest BCUT2D eigenvalue weighted by Crippen LogP contribution is -2.39. The first-order chi connectivity index (χ1) is 18.3. The highest BCUT2D eigenvalue weighted by atomic mass is 19.4. The number of morpholine rings is 1. The molecule has 0 radical (unpaired) electrons. The predicted octanol–water partition coefficient (Wildman–Crippen LogP) is 4.96. The molecule has 1 aromatic carbocycles. The molecule has 0 bridgehead atoms. The Kier molecular flexibility index (Phi) is 8.82. The number of nitrogens with one attached hydrogen (secondary N) is 1. The standard InChI is InChI=1S/C26H31F4N7O/c1-3-35(24-21(26(28,29)30)6-5-11-31-24)12-13-36(4-2)25-33-22(32-20-9-7-19(27)8-10-20)18-23(34-25)37-14-16-38-17-15-37/h5-11,18H,3-4,12-17H2,1-2H3,(H,32,33,34). The lowest BCUT2D eigenvalue weighted by molar-refractivity contribution is -0.137. The summed E-state index contributed by atoms with van der Waals surface area (Å²) >= 11 is 0. The van der Waals surface area contributed by atoms with E-state index in [-0.39, 0.29) is 18.2 Å². The van der Waals surface area contributed by atoms with Gasteiger partial charge in [0.1, 0.15) is 23.3 Å². The molecule has 0 aliphatic carbocycles. The summed E-state index contributed by atoms with van der Waals surface area (Å²) in [6, 6.07) is 10.1. The molecule has 12 heteroatoms. The first-order valence-electron chi connectivity index (χ1n) is 12.5. The lowest BCUT2D eigenvalue weighted by atomic mass is 10.2. The van der Waals surface area contributed by atoms with E-state index >= 15 is 0 Å². The van der Waals surface area contributed by atoms with Crippen molar-refractivity contribution in [3.8, 4) is 0 Å². The van der Waals surface area contributed by atoms with Gasteiger partial charge < -0.3 is 24.8 Å². The molecule has 0 unspecified atom stereocenters. The molecule has 2 aromatic heterocycles. The van der Waals surface area contributed by atoms with E-state index in [0.717, 1.165) is 6.07 Å². The Morgan fingerprint density at radius 3 is 2.32 bits per heavy atom. The zero-order valence-corrected chi connectivity index (χ0v) is 21.4. The molecule has 0 atom stereocenters. The van der Waals surface area contributed by atoms with Gasteiger partial charge in [-0.1, -0.05) is 0 Å². The number of likely N-dealkylation sites (N-methyl/N-ethyl adjacent to an activating group) is 2. The van der Waals surface area contributed by atoms with E-state index in [1.54, 1.807) is 24.0 Å². The third-order valence-electron chi connectivity index (χ3n) is 6.23. The van der Waals surface area contributed by atoms with E-state index in [4.69, 9.17) is 9.72 Å². The van der Waals surface area contributed by atoms with Gasteiger partial charge in [0.05, 0.1) is 18.8 Å². The quantitative estimate of drug-likeness (QED) is 0.367. The Labute approximate surface area is 219 Å². The number of anilines is 5. The predicted molar refractivity (Wildman–Crippen MR) is 140 cm³/mol. The number of aromatic nitrogens is 3. The number of hydrogen-bond donors (Lipinski definition) is 1. The second-order valence-electron chi connectivity index (χ2n) is 8.67. The normalized spacial score (nSPS) is 13.9. The maximum atomic E-state index is 13.6. The fourth-order valence-electron chi connectivity index (χ4n) is 4.19. The highest BCUT2D eigenvalue weighted by Gasteiger charge is 2.35. The van der Waals surface area contributed by atoms with Gasteiger partial charge in [-0.25, -0.2) is 9.37 Å². The number of pyridine rings is 1. The Hall–Kier alpha value is -3.67. The van der Waals surface area contributed by atoms with E-state index in [2.05, 4.69) is 20.2 Å². The minimum atomic E-state index is -4.50. The van der Waals surface area contributed by atoms with E-state index in [0.29, 0.717) is 69.2 Å². The molecule has 3 heterocycles. The zero-order chi connectivity index (χ0) is 27.1. The van der Waals surface area contributed by atoms with Crippen LogP contribution in [0.2, 0.25) is 0 Å². The van der Waals surface area contributed by atoms with Crippen LogP contribution in [0.3, 0.4) is 0 Å². The molecule has 3 aromatic rings. The molecule has 1 fully saturated rings. The van der Waals surface area contributed by atoms with Gasteiger partial charge in [-0.2, -0.15) is 23.1 Å². The third-order valence-corrected chi connectivity index (χ3v) is 6.23. The van der Waals surface area contributed by atoms with Crippen LogP contribution in [0.4, 0.5) is 46.7 Å². The van der Waals surface area contributed by atoms with Crippen LogP contribution in [0.25, 0.3) is 0 Å². The van der Waals surface area contributed by atoms with Crippen molar-refractivity contribution in [2.45, 2.75) is 20.0 Å². The Bertz CT molecular complexity index is 1190. The molecule has 1 aliphatic heterocycles. The van der Waals surface area contributed by atoms with E-state index in [1.807, 2.05) is 17.9 Å². The molecule has 38 heavy (non-hydrogen) atoms. The molecular formula is C26H31F4N7O. The highest BCUT2D eigenvalue weighted by molar-refractivity contribution is 5.62. The van der Waals surface area contributed by atoms with Gasteiger partial charge in [-0.15, -0.1) is 0 Å². The van der Waals surface area contributed by atoms with Gasteiger partial charge in [-0.05, 0) is 50.2 Å². The summed E-state index contributed by atoms with van der Waals surface area (Å²) in [4.78, 5) is 19.1. The maximum absolute atomic E-state index is 13.6. The third kappa shape index (κ3) is 6.80. The second kappa shape index (κ2) is 12.2. The van der Waals surface area contributed by atoms with Crippen molar-refractivity contribution in [1.82, 2.24) is 15.0 Å². The number of benzene rings is 1. The van der Waals surface area contributed by atoms with Crippen LogP contribution in [0.15, 0.2) is 48.7 Å². The number of rotatable bonds is 10. The average Bonchev–Trinajstić information content (AvgIpc) is 2.92. The van der Waals surface area contributed by atoms with Crippen LogP contribution in [0.1, 0.15) is 19.4 Å². The van der Waals surface area contributed by atoms with Crippen LogP contribution in [-0.2, 0) is 10.9 Å². The molecule has 4 rings (SSSR count). The summed E-state index contributed by atoms with van der Waals surface area (Å²) in [5, 5.41) is 3.21. The number of ether oxygens (including phenoxy) is 1. The minimum Gasteiger partial charge on any atom is -0.378 e. The number of halogens is 4. The van der Waals surface area contributed by atoms with Crippen LogP contribution in [0, 0.1) is 5.82 Å². The summed E-state index contributed by atoms with van der Waals surface area (Å²) in [5.74, 6) is 1.23. The first kappa shape index (κ1) is 27.4. The van der Waals surface area contributed by atoms with Crippen molar-refractivity contribution in [1.29, 1.82) is 0 Å². The molecule has 0 spiro atoms. The van der Waals surface area contributed by atoms with E-state index in [1.165, 1.54) is 24.4 Å². The molecular weight excluding hydrogens is 502 g/mol. The smallest absolute Gasteiger partial charge is 0.378 e. The van der Waals surface area contributed by atoms with E-state index < -0.39 is 11.7 Å². The Morgan fingerprint density at radius 2 is 1.66 bits per heavy atom. The molecule has 8 nitrogen and oxygen atoms in total. The molecule has 1 N–H and O–H groups in total. The summed E-state index contributed by atoms with van der Waals surface area (Å²) < 4.78 is 59.7. The van der Waals surface area contributed by atoms with Gasteiger partial charge in [0.15, 0.2) is 0 Å². The van der Waals surface area contributed by atoms with Gasteiger partial charge in [0, 0.05) is 57.2 Å². The van der Waals surface area contributed by atoms with Crippen molar-refractivity contribution >= 4 is 29.1 Å². The molecule has 0 saturated carbocycles. The van der Waals surface area contributed by atoms with Crippen LogP contribution in [-0.4, -0.2) is 67.4 Å². The largest absolute Gasteiger partial charge is 0.419 e. The molecule has 1 saturated heterocycles. The lowest BCUT2D eigenvalue weighted by Gasteiger charge is -2.31. The van der Waals surface area contributed by atoms with Gasteiger partial charge in [0.2, 0.25) is 5.95 Å². The second-order valence-corrected chi connectivity index (χ2v) is 8.67. The topological polar surface area (TPSA) is 69.7 Å². The summed E-state index contributed by atoms with van der Waals surface area (Å²) in [6.07, 6.45) is -3.13. The Balaban J connectivity index is 1.59. The average molecular weight is 534 g/mol. The maximum Gasteiger partial charge on any atom is 0.419 e. The summed E-state index contributed by atoms with van der Waals surface area (Å²) in [6.45, 7) is 7.78. The Morgan fingerprint density at radius 1 is 0.974 bits per heavy atom. The van der Waals surface area contributed by atoms with Crippen molar-refractivity contribution in [3.05, 3.63) is 60.0 Å². The van der Waals surface area contributed by atoms with E-state index in [9.17, 15) is 17.6 Å². The zero-order valence-electron chi connectivity index (χ0n) is 21.4. The van der Waals surface area contributed by atoms with Crippen LogP contribution in [0.5, 0.6) is 0 Å². The monoisotopic (exact) mass is 533 g/mol. The molecule has 0 amide bonds. The van der Waals surface area contributed by atoms with Gasteiger partial charge in [0.25, 0.3) is 0 Å². The van der Waals surface area contributed by atoms with Crippen molar-refractivity contribution < 1.29 is 22.3 Å². The fraction of sp³-hybridized carbons (Fsp3) is 0.423. The van der Waals surface area contributed by atoms with Crippen LogP contribution >= 0.6 is 0 Å². The van der Waals surface area contributed by atoms with Crippen molar-refractivity contribution in [3.63, 3.8) is 0 Å². The SMILES string of the molecule is CCN(CCN(CC)c1ncccc1C(F)(F)F)c1nc(Nc2ccc(F)cc2)cc(N2CCOCC2)n1. The van der Waals surface area contributed by atoms with Crippen LogP contribution < -0.4 is 20.0 Å². The molecule has 204 valence electrons. The minimum absolute atomic E-state index is 0.0970. The number of nitrogens with zero attached hydrogens (tertiary/aromatic N) is 6. The number of hydrogen-bond acceptors (Lipinski definition) is 8. The summed E-state index contributed by atoms with van der Waals surface area (Å²) in [7, 11) is 0. The van der Waals surface area contributed by atoms with Gasteiger partial charge in [-0.3, -0.25) is 0 Å². The summed E-state index contributed by atoms with van der Waals surface area (Å²) in [5.41, 5.74) is -0.0970. The highest BCUT2D eigenvalue weighted by Crippen LogP contribution is 2.35. The van der Waals surface area contributed by atoms with Gasteiger partial charge >= 0.3 is 6.18 Å².